The number of nitrogens with one attached hydrogen (secondary N) is 1. The van der Waals surface area contributed by atoms with Crippen LogP contribution in [0.2, 0.25) is 0 Å². The largest absolute Gasteiger partial charge is 0.357 e. The van der Waals surface area contributed by atoms with E-state index < -0.39 is 16.1 Å². The van der Waals surface area contributed by atoms with Gasteiger partial charge in [0.1, 0.15) is 6.04 Å². The first-order chi connectivity index (χ1) is 16.0. The Balaban J connectivity index is 2.24. The van der Waals surface area contributed by atoms with Crippen molar-refractivity contribution in [2.24, 2.45) is 0 Å². The molecule has 8 heteroatoms. The maximum atomic E-state index is 13.3. The van der Waals surface area contributed by atoms with Crippen molar-refractivity contribution in [2.75, 3.05) is 24.2 Å². The fourth-order valence-corrected chi connectivity index (χ4v) is 5.06. The van der Waals surface area contributed by atoms with Crippen molar-refractivity contribution in [3.63, 3.8) is 0 Å². The summed E-state index contributed by atoms with van der Waals surface area (Å²) in [6, 6.07) is 12.8. The Bertz CT molecular complexity index is 1110. The van der Waals surface area contributed by atoms with E-state index >= 15 is 0 Å². The first-order valence-electron chi connectivity index (χ1n) is 11.6. The lowest BCUT2D eigenvalue weighted by Crippen LogP contribution is -2.48. The van der Waals surface area contributed by atoms with Gasteiger partial charge in [-0.1, -0.05) is 43.3 Å². The zero-order chi connectivity index (χ0) is 25.5. The van der Waals surface area contributed by atoms with Gasteiger partial charge in [-0.3, -0.25) is 13.9 Å². The van der Waals surface area contributed by atoms with Crippen molar-refractivity contribution in [1.82, 2.24) is 10.2 Å². The summed E-state index contributed by atoms with van der Waals surface area (Å²) in [5, 5.41) is 2.66. The highest BCUT2D eigenvalue weighted by molar-refractivity contribution is 7.92. The lowest BCUT2D eigenvalue weighted by atomic mass is 10.1. The summed E-state index contributed by atoms with van der Waals surface area (Å²) < 4.78 is 26.5. The molecule has 2 aromatic rings. The number of aryl methyl sites for hydroxylation is 2. The molecule has 34 heavy (non-hydrogen) atoms. The second-order valence-electron chi connectivity index (χ2n) is 8.64. The molecule has 0 saturated heterocycles. The monoisotopic (exact) mass is 487 g/mol. The minimum absolute atomic E-state index is 0.135. The summed E-state index contributed by atoms with van der Waals surface area (Å²) in [4.78, 5) is 27.5. The van der Waals surface area contributed by atoms with Crippen molar-refractivity contribution in [3.05, 3.63) is 64.7 Å². The van der Waals surface area contributed by atoms with Crippen molar-refractivity contribution >= 4 is 27.5 Å². The summed E-state index contributed by atoms with van der Waals surface area (Å²) in [6.45, 7) is 8.20. The van der Waals surface area contributed by atoms with Gasteiger partial charge in [-0.25, -0.2) is 8.42 Å². The molecular weight excluding hydrogens is 450 g/mol. The van der Waals surface area contributed by atoms with Crippen molar-refractivity contribution in [1.29, 1.82) is 0 Å². The van der Waals surface area contributed by atoms with E-state index in [0.717, 1.165) is 22.3 Å². The van der Waals surface area contributed by atoms with Gasteiger partial charge in [0, 0.05) is 26.6 Å². The van der Waals surface area contributed by atoms with Crippen LogP contribution in [0.1, 0.15) is 48.4 Å². The topological polar surface area (TPSA) is 86.8 Å². The highest BCUT2D eigenvalue weighted by Crippen LogP contribution is 2.25. The highest BCUT2D eigenvalue weighted by atomic mass is 32.2. The Labute approximate surface area is 204 Å². The summed E-state index contributed by atoms with van der Waals surface area (Å²) in [5.41, 5.74) is 4.55. The van der Waals surface area contributed by atoms with Crippen LogP contribution in [0.25, 0.3) is 0 Å². The van der Waals surface area contributed by atoms with E-state index in [0.29, 0.717) is 25.1 Å². The number of nitrogens with zero attached hydrogens (tertiary/aromatic N) is 2. The average Bonchev–Trinajstić information content (AvgIpc) is 2.78. The van der Waals surface area contributed by atoms with Gasteiger partial charge in [0.25, 0.3) is 0 Å². The predicted molar refractivity (Wildman–Crippen MR) is 137 cm³/mol. The average molecular weight is 488 g/mol. The smallest absolute Gasteiger partial charge is 0.242 e. The van der Waals surface area contributed by atoms with E-state index in [9.17, 15) is 18.0 Å². The third kappa shape index (κ3) is 6.82. The molecule has 0 unspecified atom stereocenters. The molecule has 0 bridgehead atoms. The Morgan fingerprint density at radius 2 is 1.65 bits per heavy atom. The molecule has 2 aromatic carbocycles. The molecule has 0 fully saturated rings. The molecule has 2 rings (SSSR count). The Morgan fingerprint density at radius 3 is 2.24 bits per heavy atom. The zero-order valence-corrected chi connectivity index (χ0v) is 21.9. The van der Waals surface area contributed by atoms with Crippen LogP contribution in [-0.4, -0.2) is 51.0 Å². The Morgan fingerprint density at radius 1 is 1.00 bits per heavy atom. The van der Waals surface area contributed by atoms with E-state index in [4.69, 9.17) is 0 Å². The number of carbonyl (C=O) groups excluding carboxylic acids is 2. The van der Waals surface area contributed by atoms with E-state index in [-0.39, 0.29) is 24.8 Å². The van der Waals surface area contributed by atoms with Crippen LogP contribution < -0.4 is 9.62 Å². The number of amides is 2. The van der Waals surface area contributed by atoms with Gasteiger partial charge in [-0.2, -0.15) is 0 Å². The number of carbonyl (C=O) groups is 2. The van der Waals surface area contributed by atoms with Gasteiger partial charge in [0.2, 0.25) is 21.8 Å². The number of hydrogen-bond acceptors (Lipinski definition) is 4. The quantitative estimate of drug-likeness (QED) is 0.523. The molecule has 1 N–H and O–H groups in total. The number of likely N-dealkylation sites (N-methyl/N-ethyl adjacent to an activating group) is 1. The third-order valence-electron chi connectivity index (χ3n) is 6.23. The first kappa shape index (κ1) is 27.4. The maximum absolute atomic E-state index is 13.3. The molecule has 0 saturated carbocycles. The zero-order valence-electron chi connectivity index (χ0n) is 21.1. The fourth-order valence-electron chi connectivity index (χ4n) is 4.05. The summed E-state index contributed by atoms with van der Waals surface area (Å²) in [6.07, 6.45) is 2.14. The van der Waals surface area contributed by atoms with Gasteiger partial charge in [0.05, 0.1) is 11.9 Å². The molecule has 7 nitrogen and oxygen atoms in total. The van der Waals surface area contributed by atoms with Gasteiger partial charge < -0.3 is 10.2 Å². The van der Waals surface area contributed by atoms with Crippen LogP contribution in [0.15, 0.2) is 42.5 Å². The van der Waals surface area contributed by atoms with Crippen molar-refractivity contribution in [2.45, 2.75) is 59.5 Å². The van der Waals surface area contributed by atoms with E-state index in [2.05, 4.69) is 5.32 Å². The van der Waals surface area contributed by atoms with Crippen LogP contribution in [0.4, 0.5) is 5.69 Å². The van der Waals surface area contributed by atoms with Gasteiger partial charge >= 0.3 is 0 Å². The van der Waals surface area contributed by atoms with E-state index in [1.807, 2.05) is 64.1 Å². The summed E-state index contributed by atoms with van der Waals surface area (Å²) in [5.74, 6) is -0.384. The second-order valence-corrected chi connectivity index (χ2v) is 10.6. The number of hydrogen-bond donors (Lipinski definition) is 1. The Hall–Kier alpha value is -2.87. The molecule has 0 aliphatic carbocycles. The molecule has 1 atom stereocenters. The van der Waals surface area contributed by atoms with Crippen LogP contribution >= 0.6 is 0 Å². The lowest BCUT2D eigenvalue weighted by molar-refractivity contribution is -0.141. The number of anilines is 1. The predicted octanol–water partition coefficient (Wildman–Crippen LogP) is 3.71. The highest BCUT2D eigenvalue weighted by Gasteiger charge is 2.28. The molecule has 2 amide bonds. The van der Waals surface area contributed by atoms with Gasteiger partial charge in [0.15, 0.2) is 0 Å². The van der Waals surface area contributed by atoms with Crippen LogP contribution in [0.5, 0.6) is 0 Å². The van der Waals surface area contributed by atoms with Crippen molar-refractivity contribution < 1.29 is 18.0 Å². The van der Waals surface area contributed by atoms with Crippen LogP contribution in [0, 0.1) is 20.8 Å². The molecule has 0 heterocycles. The fraction of sp³-hybridized carbons (Fsp3) is 0.462. The Kier molecular flexibility index (Phi) is 9.67. The van der Waals surface area contributed by atoms with E-state index in [1.165, 1.54) is 10.6 Å². The van der Waals surface area contributed by atoms with E-state index in [1.54, 1.807) is 18.0 Å². The molecular formula is C26H37N3O4S. The number of rotatable bonds is 11. The summed E-state index contributed by atoms with van der Waals surface area (Å²) in [7, 11) is -1.96. The first-order valence-corrected chi connectivity index (χ1v) is 13.5. The second kappa shape index (κ2) is 12.0. The van der Waals surface area contributed by atoms with Crippen LogP contribution in [-0.2, 0) is 26.2 Å². The maximum Gasteiger partial charge on any atom is 0.242 e. The minimum Gasteiger partial charge on any atom is -0.357 e. The molecule has 0 aromatic heterocycles. The molecule has 0 spiro atoms. The molecule has 0 radical (unpaired) electrons. The summed E-state index contributed by atoms with van der Waals surface area (Å²) >= 11 is 0. The lowest BCUT2D eigenvalue weighted by Gasteiger charge is -2.31. The minimum atomic E-state index is -3.52. The third-order valence-corrected chi connectivity index (χ3v) is 7.41. The normalized spacial score (nSPS) is 12.2. The van der Waals surface area contributed by atoms with Gasteiger partial charge in [-0.05, 0) is 61.9 Å². The standard InChI is InChI=1S/C26H37N3O4S/c1-7-23(26(31)27-5)28(18-22-14-9-8-12-20(22)3)25(30)16-11-17-29(34(6,32)33)24-15-10-13-19(2)21(24)4/h8-10,12-15,23H,7,11,16-18H2,1-6H3,(H,27,31)/t23-/m0/s1. The van der Waals surface area contributed by atoms with Crippen LogP contribution in [0.3, 0.4) is 0 Å². The molecule has 0 aliphatic heterocycles. The number of sulfonamides is 1. The van der Waals surface area contributed by atoms with Crippen molar-refractivity contribution in [3.8, 4) is 0 Å². The molecule has 186 valence electrons. The molecule has 0 aliphatic rings. The van der Waals surface area contributed by atoms with Gasteiger partial charge in [-0.15, -0.1) is 0 Å². The SMILES string of the molecule is CC[C@@H](C(=O)NC)N(Cc1ccccc1C)C(=O)CCCN(c1cccc(C)c1C)S(C)(=O)=O. The number of benzene rings is 2.